The van der Waals surface area contributed by atoms with E-state index in [-0.39, 0.29) is 0 Å². The van der Waals surface area contributed by atoms with Crippen LogP contribution in [0.4, 0.5) is 0 Å². The molecule has 2 rings (SSSR count). The van der Waals surface area contributed by atoms with E-state index in [4.69, 9.17) is 5.11 Å². The van der Waals surface area contributed by atoms with E-state index in [1.54, 1.807) is 12.1 Å². The number of carbonyl (C=O) groups is 1. The third-order valence-corrected chi connectivity index (χ3v) is 4.31. The number of carboxylic acids is 1. The van der Waals surface area contributed by atoms with Crippen LogP contribution in [0, 0.1) is 0 Å². The van der Waals surface area contributed by atoms with Gasteiger partial charge in [0.15, 0.2) is 0 Å². The zero-order chi connectivity index (χ0) is 11.4. The Kier molecular flexibility index (Phi) is 3.88. The topological polar surface area (TPSA) is 37.3 Å². The zero-order valence-corrected chi connectivity index (χ0v) is 10.0. The summed E-state index contributed by atoms with van der Waals surface area (Å²) in [5, 5.41) is 9.52. The maximum absolute atomic E-state index is 10.7. The highest BCUT2D eigenvalue weighted by molar-refractivity contribution is 8.00. The van der Waals surface area contributed by atoms with Crippen LogP contribution < -0.4 is 0 Å². The van der Waals surface area contributed by atoms with Gasteiger partial charge in [-0.05, 0) is 37.1 Å². The lowest BCUT2D eigenvalue weighted by Crippen LogP contribution is -2.07. The average molecular weight is 236 g/mol. The van der Waals surface area contributed by atoms with E-state index >= 15 is 0 Å². The van der Waals surface area contributed by atoms with E-state index < -0.39 is 5.97 Å². The van der Waals surface area contributed by atoms with Crippen molar-refractivity contribution in [2.24, 2.45) is 0 Å². The first-order valence-electron chi connectivity index (χ1n) is 5.76. The van der Waals surface area contributed by atoms with Crippen LogP contribution in [0.15, 0.2) is 29.2 Å². The highest BCUT2D eigenvalue weighted by atomic mass is 32.2. The summed E-state index contributed by atoms with van der Waals surface area (Å²) in [6, 6.07) is 7.21. The predicted octanol–water partition coefficient (Wildman–Crippen LogP) is 3.81. The molecule has 1 fully saturated rings. The Morgan fingerprint density at radius 3 is 2.31 bits per heavy atom. The second-order valence-corrected chi connectivity index (χ2v) is 5.58. The minimum absolute atomic E-state index is 0.369. The quantitative estimate of drug-likeness (QED) is 0.867. The van der Waals surface area contributed by atoms with E-state index in [1.165, 1.54) is 37.0 Å². The first-order valence-corrected chi connectivity index (χ1v) is 6.64. The van der Waals surface area contributed by atoms with E-state index in [1.807, 2.05) is 23.9 Å². The number of benzene rings is 1. The van der Waals surface area contributed by atoms with Gasteiger partial charge in [0.25, 0.3) is 0 Å². The van der Waals surface area contributed by atoms with Gasteiger partial charge < -0.3 is 5.11 Å². The summed E-state index contributed by atoms with van der Waals surface area (Å²) >= 11 is 1.89. The molecular formula is C13H16O2S. The van der Waals surface area contributed by atoms with E-state index in [9.17, 15) is 4.79 Å². The molecule has 1 aliphatic carbocycles. The molecule has 1 aromatic carbocycles. The van der Waals surface area contributed by atoms with Crippen molar-refractivity contribution in [3.63, 3.8) is 0 Å². The van der Waals surface area contributed by atoms with Crippen LogP contribution in [-0.2, 0) is 0 Å². The first kappa shape index (κ1) is 11.5. The second-order valence-electron chi connectivity index (χ2n) is 4.21. The molecule has 0 amide bonds. The van der Waals surface area contributed by atoms with Gasteiger partial charge in [-0.3, -0.25) is 0 Å². The maximum atomic E-state index is 10.7. The second kappa shape index (κ2) is 5.39. The summed E-state index contributed by atoms with van der Waals surface area (Å²) in [6.45, 7) is 0. The van der Waals surface area contributed by atoms with Crippen molar-refractivity contribution in [3.05, 3.63) is 29.8 Å². The molecule has 1 aliphatic rings. The molecule has 0 aromatic heterocycles. The maximum Gasteiger partial charge on any atom is 0.335 e. The van der Waals surface area contributed by atoms with Crippen molar-refractivity contribution < 1.29 is 9.90 Å². The lowest BCUT2D eigenvalue weighted by molar-refractivity contribution is 0.0697. The lowest BCUT2D eigenvalue weighted by atomic mass is 10.0. The Labute approximate surface area is 100 Å². The van der Waals surface area contributed by atoms with Crippen molar-refractivity contribution in [2.75, 3.05) is 0 Å². The number of hydrogen-bond donors (Lipinski definition) is 1. The predicted molar refractivity (Wildman–Crippen MR) is 66.1 cm³/mol. The van der Waals surface area contributed by atoms with Crippen LogP contribution in [0.3, 0.4) is 0 Å². The summed E-state index contributed by atoms with van der Waals surface area (Å²) in [5.41, 5.74) is 0.369. The Hall–Kier alpha value is -0.960. The van der Waals surface area contributed by atoms with E-state index in [0.29, 0.717) is 5.56 Å². The van der Waals surface area contributed by atoms with Crippen LogP contribution in [0.25, 0.3) is 0 Å². The summed E-state index contributed by atoms with van der Waals surface area (Å²) in [5.74, 6) is -0.853. The fourth-order valence-electron chi connectivity index (χ4n) is 2.05. The molecule has 0 bridgehead atoms. The number of carboxylic acid groups (broad SMARTS) is 1. The fourth-order valence-corrected chi connectivity index (χ4v) is 3.30. The van der Waals surface area contributed by atoms with Gasteiger partial charge in [-0.15, -0.1) is 11.8 Å². The fraction of sp³-hybridized carbons (Fsp3) is 0.462. The summed E-state index contributed by atoms with van der Waals surface area (Å²) in [7, 11) is 0. The first-order chi connectivity index (χ1) is 7.75. The minimum Gasteiger partial charge on any atom is -0.478 e. The third-order valence-electron chi connectivity index (χ3n) is 2.96. The van der Waals surface area contributed by atoms with Gasteiger partial charge in [0.1, 0.15) is 0 Å². The third kappa shape index (κ3) is 3.01. The van der Waals surface area contributed by atoms with Gasteiger partial charge in [-0.1, -0.05) is 19.3 Å². The van der Waals surface area contributed by atoms with Crippen molar-refractivity contribution in [2.45, 2.75) is 42.2 Å². The van der Waals surface area contributed by atoms with Gasteiger partial charge in [0.05, 0.1) is 5.56 Å². The molecule has 0 aliphatic heterocycles. The largest absolute Gasteiger partial charge is 0.478 e. The molecule has 0 radical (unpaired) electrons. The molecule has 2 nitrogen and oxygen atoms in total. The van der Waals surface area contributed by atoms with Crippen LogP contribution >= 0.6 is 11.8 Å². The van der Waals surface area contributed by atoms with Crippen LogP contribution in [0.2, 0.25) is 0 Å². The number of thioether (sulfide) groups is 1. The van der Waals surface area contributed by atoms with Crippen LogP contribution in [0.1, 0.15) is 42.5 Å². The Balaban J connectivity index is 1.96. The number of aromatic carboxylic acids is 1. The van der Waals surface area contributed by atoms with Crippen molar-refractivity contribution in [3.8, 4) is 0 Å². The summed E-state index contributed by atoms with van der Waals surface area (Å²) < 4.78 is 0. The molecule has 0 atom stereocenters. The standard InChI is InChI=1S/C13H16O2S/c14-13(15)10-6-8-12(9-7-10)16-11-4-2-1-3-5-11/h6-9,11H,1-5H2,(H,14,15). The summed E-state index contributed by atoms with van der Waals surface area (Å²) in [4.78, 5) is 11.9. The van der Waals surface area contributed by atoms with Crippen molar-refractivity contribution in [1.82, 2.24) is 0 Å². The molecular weight excluding hydrogens is 220 g/mol. The molecule has 86 valence electrons. The van der Waals surface area contributed by atoms with Crippen molar-refractivity contribution >= 4 is 17.7 Å². The molecule has 1 saturated carbocycles. The SMILES string of the molecule is O=C(O)c1ccc(SC2CCCCC2)cc1. The molecule has 0 heterocycles. The minimum atomic E-state index is -0.853. The number of hydrogen-bond acceptors (Lipinski definition) is 2. The average Bonchev–Trinajstić information content (AvgIpc) is 2.31. The molecule has 0 unspecified atom stereocenters. The van der Waals surface area contributed by atoms with Crippen molar-refractivity contribution in [1.29, 1.82) is 0 Å². The van der Waals surface area contributed by atoms with Gasteiger partial charge in [0.2, 0.25) is 0 Å². The molecule has 16 heavy (non-hydrogen) atoms. The monoisotopic (exact) mass is 236 g/mol. The number of rotatable bonds is 3. The van der Waals surface area contributed by atoms with E-state index in [2.05, 4.69) is 0 Å². The molecule has 3 heteroatoms. The smallest absolute Gasteiger partial charge is 0.335 e. The summed E-state index contributed by atoms with van der Waals surface area (Å²) in [6.07, 6.45) is 6.64. The lowest BCUT2D eigenvalue weighted by Gasteiger charge is -2.20. The van der Waals surface area contributed by atoms with Gasteiger partial charge in [0, 0.05) is 10.1 Å². The molecule has 0 spiro atoms. The molecule has 1 N–H and O–H groups in total. The Bertz CT molecular complexity index is 353. The van der Waals surface area contributed by atoms with Gasteiger partial charge >= 0.3 is 5.97 Å². The van der Waals surface area contributed by atoms with Gasteiger partial charge in [-0.25, -0.2) is 4.79 Å². The van der Waals surface area contributed by atoms with Gasteiger partial charge in [-0.2, -0.15) is 0 Å². The highest BCUT2D eigenvalue weighted by Gasteiger charge is 2.14. The van der Waals surface area contributed by atoms with E-state index in [0.717, 1.165) is 5.25 Å². The Morgan fingerprint density at radius 1 is 1.12 bits per heavy atom. The molecule has 0 saturated heterocycles. The zero-order valence-electron chi connectivity index (χ0n) is 9.19. The highest BCUT2D eigenvalue weighted by Crippen LogP contribution is 2.33. The Morgan fingerprint density at radius 2 is 1.75 bits per heavy atom. The molecule has 1 aromatic rings. The van der Waals surface area contributed by atoms with Crippen LogP contribution in [-0.4, -0.2) is 16.3 Å². The normalized spacial score (nSPS) is 17.2. The van der Waals surface area contributed by atoms with Crippen LogP contribution in [0.5, 0.6) is 0 Å².